The summed E-state index contributed by atoms with van der Waals surface area (Å²) in [6.45, 7) is 2.73. The molecule has 1 aliphatic rings. The van der Waals surface area contributed by atoms with Gasteiger partial charge in [0.1, 0.15) is 11.4 Å². The molecule has 3 rings (SSSR count). The molecule has 0 radical (unpaired) electrons. The zero-order valence-electron chi connectivity index (χ0n) is 12.2. The first-order chi connectivity index (χ1) is 10.3. The summed E-state index contributed by atoms with van der Waals surface area (Å²) in [5.74, 6) is 1.28. The normalized spacial score (nSPS) is 16.9. The quantitative estimate of drug-likeness (QED) is 0.800. The molecule has 0 saturated heterocycles. The number of aromatic nitrogens is 1. The van der Waals surface area contributed by atoms with Crippen LogP contribution in [0.15, 0.2) is 42.6 Å². The molecule has 1 aromatic heterocycles. The highest BCUT2D eigenvalue weighted by molar-refractivity contribution is 5.96. The zero-order valence-corrected chi connectivity index (χ0v) is 12.2. The van der Waals surface area contributed by atoms with Crippen LogP contribution in [-0.4, -0.2) is 17.4 Å². The molecule has 1 atom stereocenters. The predicted octanol–water partition coefficient (Wildman–Crippen LogP) is 3.78. The number of rotatable bonds is 4. The Morgan fingerprint density at radius 1 is 1.29 bits per heavy atom. The number of hydrogen-bond donors (Lipinski definition) is 0. The van der Waals surface area contributed by atoms with Crippen LogP contribution in [0.1, 0.15) is 47.3 Å². The summed E-state index contributed by atoms with van der Waals surface area (Å²) < 4.78 is 5.66. The zero-order chi connectivity index (χ0) is 14.7. The van der Waals surface area contributed by atoms with Gasteiger partial charge in [-0.15, -0.1) is 0 Å². The molecule has 3 heteroatoms. The number of carbonyl (C=O) groups excluding carboxylic acids is 1. The van der Waals surface area contributed by atoms with E-state index in [1.165, 1.54) is 0 Å². The number of aryl methyl sites for hydroxylation is 1. The van der Waals surface area contributed by atoms with E-state index >= 15 is 0 Å². The number of Topliss-reactive ketones (excluding diaryl/α,β-unsaturated/α-hetero) is 1. The van der Waals surface area contributed by atoms with E-state index in [1.54, 1.807) is 6.20 Å². The lowest BCUT2D eigenvalue weighted by Gasteiger charge is -2.25. The lowest BCUT2D eigenvalue weighted by Crippen LogP contribution is -2.18. The standard InChI is InChI=1S/C18H19NO2/c1-2-13-6-5-10-19-18(13)16(20)12-14-9-11-21-17-8-4-3-7-15(14)17/h3-8,10,14H,2,9,11-12H2,1H3. The Balaban J connectivity index is 1.83. The Morgan fingerprint density at radius 2 is 2.14 bits per heavy atom. The lowest BCUT2D eigenvalue weighted by molar-refractivity contribution is 0.0960. The molecule has 0 aliphatic carbocycles. The monoisotopic (exact) mass is 281 g/mol. The third-order valence-electron chi connectivity index (χ3n) is 4.05. The lowest BCUT2D eigenvalue weighted by atomic mass is 9.87. The summed E-state index contributed by atoms with van der Waals surface area (Å²) in [5, 5.41) is 0. The van der Waals surface area contributed by atoms with E-state index in [4.69, 9.17) is 4.74 Å². The fraction of sp³-hybridized carbons (Fsp3) is 0.333. The van der Waals surface area contributed by atoms with Crippen LogP contribution >= 0.6 is 0 Å². The number of para-hydroxylation sites is 1. The average molecular weight is 281 g/mol. The molecule has 1 aliphatic heterocycles. The molecule has 1 aromatic carbocycles. The molecule has 0 bridgehead atoms. The fourth-order valence-corrected chi connectivity index (χ4v) is 2.92. The Labute approximate surface area is 125 Å². The van der Waals surface area contributed by atoms with Gasteiger partial charge in [0, 0.05) is 12.6 Å². The number of ketones is 1. The molecule has 108 valence electrons. The summed E-state index contributed by atoms with van der Waals surface area (Å²) in [6.07, 6.45) is 3.92. The fourth-order valence-electron chi connectivity index (χ4n) is 2.92. The van der Waals surface area contributed by atoms with Crippen LogP contribution < -0.4 is 4.74 Å². The van der Waals surface area contributed by atoms with E-state index in [1.807, 2.05) is 30.3 Å². The molecule has 0 N–H and O–H groups in total. The highest BCUT2D eigenvalue weighted by Gasteiger charge is 2.25. The second kappa shape index (κ2) is 6.08. The second-order valence-corrected chi connectivity index (χ2v) is 5.36. The van der Waals surface area contributed by atoms with E-state index in [9.17, 15) is 4.79 Å². The van der Waals surface area contributed by atoms with Gasteiger partial charge in [-0.3, -0.25) is 9.78 Å². The summed E-state index contributed by atoms with van der Waals surface area (Å²) in [7, 11) is 0. The minimum atomic E-state index is 0.133. The van der Waals surface area contributed by atoms with Crippen LogP contribution in [0.25, 0.3) is 0 Å². The minimum absolute atomic E-state index is 0.133. The summed E-state index contributed by atoms with van der Waals surface area (Å²) >= 11 is 0. The van der Waals surface area contributed by atoms with Crippen molar-refractivity contribution in [3.05, 3.63) is 59.4 Å². The van der Waals surface area contributed by atoms with Crippen molar-refractivity contribution in [1.82, 2.24) is 4.98 Å². The maximum atomic E-state index is 12.6. The van der Waals surface area contributed by atoms with Crippen molar-refractivity contribution < 1.29 is 9.53 Å². The Kier molecular flexibility index (Phi) is 4.00. The van der Waals surface area contributed by atoms with Gasteiger partial charge in [0.05, 0.1) is 6.61 Å². The molecular weight excluding hydrogens is 262 g/mol. The predicted molar refractivity (Wildman–Crippen MR) is 81.9 cm³/mol. The number of pyridine rings is 1. The molecule has 0 spiro atoms. The van der Waals surface area contributed by atoms with Crippen LogP contribution in [-0.2, 0) is 6.42 Å². The SMILES string of the molecule is CCc1cccnc1C(=O)CC1CCOc2ccccc21. The molecule has 0 saturated carbocycles. The minimum Gasteiger partial charge on any atom is -0.493 e. The Morgan fingerprint density at radius 3 is 3.00 bits per heavy atom. The first-order valence-electron chi connectivity index (χ1n) is 7.48. The number of fused-ring (bicyclic) bond motifs is 1. The highest BCUT2D eigenvalue weighted by Crippen LogP contribution is 2.36. The number of ether oxygens (including phenoxy) is 1. The molecular formula is C18H19NO2. The number of hydrogen-bond acceptors (Lipinski definition) is 3. The van der Waals surface area contributed by atoms with Gasteiger partial charge in [-0.25, -0.2) is 0 Å². The van der Waals surface area contributed by atoms with Gasteiger partial charge < -0.3 is 4.74 Å². The van der Waals surface area contributed by atoms with Crippen LogP contribution in [0.2, 0.25) is 0 Å². The Bertz CT molecular complexity index is 651. The first kappa shape index (κ1) is 13.8. The van der Waals surface area contributed by atoms with Crippen molar-refractivity contribution in [1.29, 1.82) is 0 Å². The largest absolute Gasteiger partial charge is 0.493 e. The van der Waals surface area contributed by atoms with E-state index in [0.29, 0.717) is 18.7 Å². The van der Waals surface area contributed by atoms with Crippen molar-refractivity contribution in [3.63, 3.8) is 0 Å². The van der Waals surface area contributed by atoms with Crippen molar-refractivity contribution in [2.45, 2.75) is 32.1 Å². The summed E-state index contributed by atoms with van der Waals surface area (Å²) in [4.78, 5) is 16.9. The number of benzene rings is 1. The van der Waals surface area contributed by atoms with E-state index < -0.39 is 0 Å². The number of nitrogens with zero attached hydrogens (tertiary/aromatic N) is 1. The van der Waals surface area contributed by atoms with Gasteiger partial charge in [0.15, 0.2) is 5.78 Å². The number of carbonyl (C=O) groups is 1. The van der Waals surface area contributed by atoms with Crippen LogP contribution in [0, 0.1) is 0 Å². The average Bonchev–Trinajstić information content (AvgIpc) is 2.55. The molecule has 21 heavy (non-hydrogen) atoms. The van der Waals surface area contributed by atoms with Crippen molar-refractivity contribution >= 4 is 5.78 Å². The molecule has 0 fully saturated rings. The van der Waals surface area contributed by atoms with Crippen molar-refractivity contribution in [3.8, 4) is 5.75 Å². The van der Waals surface area contributed by atoms with Gasteiger partial charge in [0.2, 0.25) is 0 Å². The first-order valence-corrected chi connectivity index (χ1v) is 7.48. The highest BCUT2D eigenvalue weighted by atomic mass is 16.5. The van der Waals surface area contributed by atoms with E-state index in [-0.39, 0.29) is 11.7 Å². The van der Waals surface area contributed by atoms with Gasteiger partial charge in [-0.2, -0.15) is 0 Å². The molecule has 3 nitrogen and oxygen atoms in total. The third kappa shape index (κ3) is 2.82. The van der Waals surface area contributed by atoms with E-state index in [2.05, 4.69) is 18.0 Å². The van der Waals surface area contributed by atoms with Gasteiger partial charge in [-0.05, 0) is 42.0 Å². The van der Waals surface area contributed by atoms with Gasteiger partial charge in [0.25, 0.3) is 0 Å². The maximum absolute atomic E-state index is 12.6. The van der Waals surface area contributed by atoms with Crippen LogP contribution in [0.5, 0.6) is 5.75 Å². The maximum Gasteiger partial charge on any atom is 0.182 e. The second-order valence-electron chi connectivity index (χ2n) is 5.36. The van der Waals surface area contributed by atoms with Crippen molar-refractivity contribution in [2.75, 3.05) is 6.61 Å². The van der Waals surface area contributed by atoms with Crippen LogP contribution in [0.3, 0.4) is 0 Å². The van der Waals surface area contributed by atoms with Crippen molar-refractivity contribution in [2.24, 2.45) is 0 Å². The summed E-state index contributed by atoms with van der Waals surface area (Å²) in [6, 6.07) is 11.9. The van der Waals surface area contributed by atoms with E-state index in [0.717, 1.165) is 29.7 Å². The van der Waals surface area contributed by atoms with Gasteiger partial charge >= 0.3 is 0 Å². The topological polar surface area (TPSA) is 39.2 Å². The smallest absolute Gasteiger partial charge is 0.182 e. The van der Waals surface area contributed by atoms with Gasteiger partial charge in [-0.1, -0.05) is 31.2 Å². The Hall–Kier alpha value is -2.16. The van der Waals surface area contributed by atoms with Crippen LogP contribution in [0.4, 0.5) is 0 Å². The molecule has 0 amide bonds. The summed E-state index contributed by atoms with van der Waals surface area (Å²) in [5.41, 5.74) is 2.80. The molecule has 2 heterocycles. The third-order valence-corrected chi connectivity index (χ3v) is 4.05. The molecule has 1 unspecified atom stereocenters. The molecule has 2 aromatic rings.